The van der Waals surface area contributed by atoms with E-state index in [2.05, 4.69) is 18.7 Å². The molecule has 0 aromatic heterocycles. The van der Waals surface area contributed by atoms with Gasteiger partial charge in [0.2, 0.25) is 5.91 Å². The lowest BCUT2D eigenvalue weighted by Gasteiger charge is -2.35. The van der Waals surface area contributed by atoms with Crippen LogP contribution < -0.4 is 4.74 Å². The van der Waals surface area contributed by atoms with Crippen molar-refractivity contribution in [3.05, 3.63) is 30.1 Å². The standard InChI is InChI=1S/C17H25FN2O2/c1-14(2)13-17(21)20-9-7-19(8-10-20)11-12-22-16-5-3-15(18)4-6-16/h3-6,14H,7-13H2,1-2H3. The Labute approximate surface area is 131 Å². The Hall–Kier alpha value is -1.62. The van der Waals surface area contributed by atoms with Crippen molar-refractivity contribution < 1.29 is 13.9 Å². The molecular formula is C17H25FN2O2. The van der Waals surface area contributed by atoms with Gasteiger partial charge in [-0.2, -0.15) is 0 Å². The Kier molecular flexibility index (Phi) is 6.19. The van der Waals surface area contributed by atoms with Crippen LogP contribution in [0.5, 0.6) is 5.75 Å². The van der Waals surface area contributed by atoms with Crippen molar-refractivity contribution in [3.63, 3.8) is 0 Å². The molecule has 0 radical (unpaired) electrons. The van der Waals surface area contributed by atoms with Gasteiger partial charge in [0, 0.05) is 39.1 Å². The second kappa shape index (κ2) is 8.13. The zero-order valence-corrected chi connectivity index (χ0v) is 13.4. The molecule has 0 atom stereocenters. The van der Waals surface area contributed by atoms with Gasteiger partial charge in [-0.3, -0.25) is 9.69 Å². The Morgan fingerprint density at radius 1 is 1.18 bits per heavy atom. The van der Waals surface area contributed by atoms with Crippen LogP contribution in [0, 0.1) is 11.7 Å². The van der Waals surface area contributed by atoms with Crippen molar-refractivity contribution in [1.29, 1.82) is 0 Å². The number of nitrogens with zero attached hydrogens (tertiary/aromatic N) is 2. The number of ether oxygens (including phenoxy) is 1. The fraction of sp³-hybridized carbons (Fsp3) is 0.588. The normalized spacial score (nSPS) is 16.1. The minimum Gasteiger partial charge on any atom is -0.492 e. The minimum absolute atomic E-state index is 0.255. The van der Waals surface area contributed by atoms with Crippen molar-refractivity contribution in [1.82, 2.24) is 9.80 Å². The molecule has 22 heavy (non-hydrogen) atoms. The third-order valence-electron chi connectivity index (χ3n) is 3.80. The van der Waals surface area contributed by atoms with Crippen molar-refractivity contribution in [2.75, 3.05) is 39.3 Å². The van der Waals surface area contributed by atoms with Gasteiger partial charge in [0.1, 0.15) is 18.2 Å². The first-order valence-electron chi connectivity index (χ1n) is 7.93. The third-order valence-corrected chi connectivity index (χ3v) is 3.80. The molecule has 1 amide bonds. The quantitative estimate of drug-likeness (QED) is 0.809. The van der Waals surface area contributed by atoms with E-state index in [0.29, 0.717) is 24.7 Å². The van der Waals surface area contributed by atoms with Crippen LogP contribution in [-0.2, 0) is 4.79 Å². The lowest BCUT2D eigenvalue weighted by atomic mass is 10.1. The van der Waals surface area contributed by atoms with Gasteiger partial charge in [0.15, 0.2) is 0 Å². The Bertz CT molecular complexity index is 468. The molecule has 0 bridgehead atoms. The summed E-state index contributed by atoms with van der Waals surface area (Å²) in [5, 5.41) is 0. The van der Waals surface area contributed by atoms with Crippen LogP contribution in [0.2, 0.25) is 0 Å². The molecule has 1 aromatic rings. The molecule has 1 aliphatic rings. The van der Waals surface area contributed by atoms with E-state index in [9.17, 15) is 9.18 Å². The van der Waals surface area contributed by atoms with Crippen LogP contribution in [0.1, 0.15) is 20.3 Å². The van der Waals surface area contributed by atoms with Gasteiger partial charge in [0.25, 0.3) is 0 Å². The summed E-state index contributed by atoms with van der Waals surface area (Å²) in [5.74, 6) is 1.11. The smallest absolute Gasteiger partial charge is 0.222 e. The second-order valence-electron chi connectivity index (χ2n) is 6.12. The number of rotatable bonds is 6. The molecule has 1 aromatic carbocycles. The molecule has 4 nitrogen and oxygen atoms in total. The van der Waals surface area contributed by atoms with Gasteiger partial charge >= 0.3 is 0 Å². The number of carbonyl (C=O) groups excluding carboxylic acids is 1. The molecule has 2 rings (SSSR count). The van der Waals surface area contributed by atoms with E-state index in [-0.39, 0.29) is 11.7 Å². The first-order chi connectivity index (χ1) is 10.5. The zero-order valence-electron chi connectivity index (χ0n) is 13.4. The molecule has 0 spiro atoms. The largest absolute Gasteiger partial charge is 0.492 e. The summed E-state index contributed by atoms with van der Waals surface area (Å²) < 4.78 is 18.4. The number of amides is 1. The third kappa shape index (κ3) is 5.30. The van der Waals surface area contributed by atoms with Crippen LogP contribution in [0.3, 0.4) is 0 Å². The summed E-state index contributed by atoms with van der Waals surface area (Å²) in [6.45, 7) is 8.90. The van der Waals surface area contributed by atoms with Gasteiger partial charge in [-0.05, 0) is 30.2 Å². The summed E-state index contributed by atoms with van der Waals surface area (Å²) in [7, 11) is 0. The van der Waals surface area contributed by atoms with Crippen LogP contribution in [0.15, 0.2) is 24.3 Å². The molecule has 1 saturated heterocycles. The zero-order chi connectivity index (χ0) is 15.9. The number of carbonyl (C=O) groups is 1. The topological polar surface area (TPSA) is 32.8 Å². The van der Waals surface area contributed by atoms with Gasteiger partial charge in [-0.25, -0.2) is 4.39 Å². The van der Waals surface area contributed by atoms with Crippen LogP contribution in [-0.4, -0.2) is 55.0 Å². The molecule has 5 heteroatoms. The van der Waals surface area contributed by atoms with E-state index < -0.39 is 0 Å². The van der Waals surface area contributed by atoms with E-state index in [4.69, 9.17) is 4.74 Å². The lowest BCUT2D eigenvalue weighted by molar-refractivity contribution is -0.133. The number of hydrogen-bond donors (Lipinski definition) is 0. The highest BCUT2D eigenvalue weighted by molar-refractivity contribution is 5.76. The summed E-state index contributed by atoms with van der Waals surface area (Å²) in [4.78, 5) is 16.2. The predicted molar refractivity (Wildman–Crippen MR) is 84.4 cm³/mol. The maximum atomic E-state index is 12.8. The molecule has 1 heterocycles. The average Bonchev–Trinajstić information content (AvgIpc) is 2.49. The highest BCUT2D eigenvalue weighted by Gasteiger charge is 2.21. The molecule has 1 aliphatic heterocycles. The van der Waals surface area contributed by atoms with E-state index >= 15 is 0 Å². The van der Waals surface area contributed by atoms with Crippen LogP contribution in [0.4, 0.5) is 4.39 Å². The number of piperazine rings is 1. The van der Waals surface area contributed by atoms with E-state index in [1.807, 2.05) is 4.90 Å². The monoisotopic (exact) mass is 308 g/mol. The molecule has 122 valence electrons. The van der Waals surface area contributed by atoms with Crippen molar-refractivity contribution in [2.24, 2.45) is 5.92 Å². The number of hydrogen-bond acceptors (Lipinski definition) is 3. The van der Waals surface area contributed by atoms with Crippen LogP contribution >= 0.6 is 0 Å². The van der Waals surface area contributed by atoms with Gasteiger partial charge in [0.05, 0.1) is 0 Å². The highest BCUT2D eigenvalue weighted by Crippen LogP contribution is 2.12. The summed E-state index contributed by atoms with van der Waals surface area (Å²) in [6.07, 6.45) is 0.633. The van der Waals surface area contributed by atoms with E-state index in [1.165, 1.54) is 12.1 Å². The van der Waals surface area contributed by atoms with Gasteiger partial charge < -0.3 is 9.64 Å². The number of halogens is 1. The fourth-order valence-corrected chi connectivity index (χ4v) is 2.52. The summed E-state index contributed by atoms with van der Waals surface area (Å²) in [6, 6.07) is 6.07. The molecule has 0 unspecified atom stereocenters. The summed E-state index contributed by atoms with van der Waals surface area (Å²) >= 11 is 0. The molecule has 1 fully saturated rings. The lowest BCUT2D eigenvalue weighted by Crippen LogP contribution is -2.49. The maximum Gasteiger partial charge on any atom is 0.222 e. The fourth-order valence-electron chi connectivity index (χ4n) is 2.52. The van der Waals surface area contributed by atoms with E-state index in [1.54, 1.807) is 12.1 Å². The Balaban J connectivity index is 1.65. The summed E-state index contributed by atoms with van der Waals surface area (Å²) in [5.41, 5.74) is 0. The Morgan fingerprint density at radius 2 is 1.82 bits per heavy atom. The predicted octanol–water partition coefficient (Wildman–Crippen LogP) is 2.39. The maximum absolute atomic E-state index is 12.8. The minimum atomic E-state index is -0.255. The van der Waals surface area contributed by atoms with Gasteiger partial charge in [-0.15, -0.1) is 0 Å². The molecular weight excluding hydrogens is 283 g/mol. The average molecular weight is 308 g/mol. The van der Waals surface area contributed by atoms with Crippen LogP contribution in [0.25, 0.3) is 0 Å². The van der Waals surface area contributed by atoms with Gasteiger partial charge in [-0.1, -0.05) is 13.8 Å². The van der Waals surface area contributed by atoms with Crippen molar-refractivity contribution in [3.8, 4) is 5.75 Å². The van der Waals surface area contributed by atoms with E-state index in [0.717, 1.165) is 32.7 Å². The SMILES string of the molecule is CC(C)CC(=O)N1CCN(CCOc2ccc(F)cc2)CC1. The Morgan fingerprint density at radius 3 is 2.41 bits per heavy atom. The molecule has 0 saturated carbocycles. The molecule has 0 aliphatic carbocycles. The number of benzene rings is 1. The second-order valence-corrected chi connectivity index (χ2v) is 6.12. The molecule has 0 N–H and O–H groups in total. The first kappa shape index (κ1) is 16.7. The first-order valence-corrected chi connectivity index (χ1v) is 7.93. The van der Waals surface area contributed by atoms with Crippen molar-refractivity contribution in [2.45, 2.75) is 20.3 Å². The van der Waals surface area contributed by atoms with Crippen molar-refractivity contribution >= 4 is 5.91 Å². The highest BCUT2D eigenvalue weighted by atomic mass is 19.1.